The van der Waals surface area contributed by atoms with Crippen molar-refractivity contribution in [3.8, 4) is 0 Å². The summed E-state index contributed by atoms with van der Waals surface area (Å²) < 4.78 is 0. The molecule has 96 valence electrons. The maximum Gasteiger partial charge on any atom is 0.0775 e. The van der Waals surface area contributed by atoms with Gasteiger partial charge in [-0.05, 0) is 18.5 Å². The summed E-state index contributed by atoms with van der Waals surface area (Å²) in [5.41, 5.74) is 1.43. The summed E-state index contributed by atoms with van der Waals surface area (Å²) in [6.45, 7) is 13.9. The molecule has 0 spiro atoms. The lowest BCUT2D eigenvalue weighted by atomic mass is 10.2. The lowest BCUT2D eigenvalue weighted by molar-refractivity contribution is 0.288. The van der Waals surface area contributed by atoms with Crippen molar-refractivity contribution in [1.29, 1.82) is 0 Å². The largest absolute Gasteiger partial charge is 0.302 e. The Labute approximate surface area is 108 Å². The molecule has 0 saturated heterocycles. The molecule has 0 unspecified atom stereocenters. The molecular formula is C15H27NSi. The molecule has 0 radical (unpaired) electrons. The molecule has 0 fully saturated rings. The van der Waals surface area contributed by atoms with Crippen molar-refractivity contribution in [2.45, 2.75) is 40.0 Å². The Morgan fingerprint density at radius 3 is 2.00 bits per heavy atom. The number of nitrogens with zero attached hydrogens (tertiary/aromatic N) is 1. The van der Waals surface area contributed by atoms with Gasteiger partial charge in [-0.2, -0.15) is 0 Å². The molecule has 0 aliphatic rings. The Morgan fingerprint density at radius 1 is 1.06 bits per heavy atom. The third kappa shape index (κ3) is 5.05. The molecule has 0 bridgehead atoms. The summed E-state index contributed by atoms with van der Waals surface area (Å²) in [5.74, 6) is 0.737. The molecule has 0 saturated carbocycles. The van der Waals surface area contributed by atoms with Gasteiger partial charge in [-0.3, -0.25) is 0 Å². The van der Waals surface area contributed by atoms with Gasteiger partial charge in [0.05, 0.1) is 8.07 Å². The van der Waals surface area contributed by atoms with Crippen LogP contribution in [0.25, 0.3) is 0 Å². The van der Waals surface area contributed by atoms with Crippen LogP contribution in [0.2, 0.25) is 19.6 Å². The first-order valence-electron chi connectivity index (χ1n) is 6.57. The maximum absolute atomic E-state index is 2.40. The van der Waals surface area contributed by atoms with Crippen LogP contribution in [-0.4, -0.2) is 26.6 Å². The van der Waals surface area contributed by atoms with E-state index in [0.717, 1.165) is 19.0 Å². The van der Waals surface area contributed by atoms with Crippen molar-refractivity contribution < 1.29 is 0 Å². The molecule has 0 amide bonds. The molecule has 1 aromatic carbocycles. The van der Waals surface area contributed by atoms with Gasteiger partial charge in [0.2, 0.25) is 0 Å². The van der Waals surface area contributed by atoms with Crippen molar-refractivity contribution in [2.24, 2.45) is 5.92 Å². The predicted octanol–water partition coefficient (Wildman–Crippen LogP) is 3.32. The fraction of sp³-hybridized carbons (Fsp3) is 0.600. The number of hydrogen-bond acceptors (Lipinski definition) is 1. The van der Waals surface area contributed by atoms with E-state index < -0.39 is 8.07 Å². The van der Waals surface area contributed by atoms with Crippen LogP contribution in [0, 0.1) is 5.92 Å². The lowest BCUT2D eigenvalue weighted by Crippen LogP contribution is -2.37. The minimum absolute atomic E-state index is 0.737. The Morgan fingerprint density at radius 2 is 1.59 bits per heavy atom. The van der Waals surface area contributed by atoms with Gasteiger partial charge in [-0.1, -0.05) is 62.9 Å². The number of rotatable bonds is 5. The van der Waals surface area contributed by atoms with E-state index in [1.165, 1.54) is 5.56 Å². The highest BCUT2D eigenvalue weighted by Gasteiger charge is 2.15. The van der Waals surface area contributed by atoms with E-state index in [0.29, 0.717) is 0 Å². The highest BCUT2D eigenvalue weighted by atomic mass is 28.3. The van der Waals surface area contributed by atoms with Crippen LogP contribution >= 0.6 is 0 Å². The first kappa shape index (κ1) is 14.5. The lowest BCUT2D eigenvalue weighted by Gasteiger charge is -2.20. The van der Waals surface area contributed by atoms with Crippen molar-refractivity contribution in [3.05, 3.63) is 29.8 Å². The zero-order chi connectivity index (χ0) is 13.1. The highest BCUT2D eigenvalue weighted by molar-refractivity contribution is 6.88. The molecule has 1 rings (SSSR count). The quantitative estimate of drug-likeness (QED) is 0.724. The molecule has 0 atom stereocenters. The van der Waals surface area contributed by atoms with Gasteiger partial charge in [0.15, 0.2) is 0 Å². The molecule has 0 N–H and O–H groups in total. The highest BCUT2D eigenvalue weighted by Crippen LogP contribution is 2.07. The molecule has 1 nitrogen and oxygen atoms in total. The van der Waals surface area contributed by atoms with Gasteiger partial charge in [-0.25, -0.2) is 0 Å². The van der Waals surface area contributed by atoms with E-state index in [4.69, 9.17) is 0 Å². The summed E-state index contributed by atoms with van der Waals surface area (Å²) in [6.07, 6.45) is 0. The second-order valence-corrected chi connectivity index (χ2v) is 11.6. The van der Waals surface area contributed by atoms with Gasteiger partial charge in [0.25, 0.3) is 0 Å². The van der Waals surface area contributed by atoms with Crippen LogP contribution in [0.3, 0.4) is 0 Å². The van der Waals surface area contributed by atoms with Crippen LogP contribution in [0.1, 0.15) is 19.4 Å². The van der Waals surface area contributed by atoms with Crippen LogP contribution in [0.4, 0.5) is 0 Å². The molecule has 1 aromatic rings. The molecule has 0 aliphatic carbocycles. The number of benzene rings is 1. The Hall–Kier alpha value is -0.603. The zero-order valence-corrected chi connectivity index (χ0v) is 13.2. The van der Waals surface area contributed by atoms with Crippen molar-refractivity contribution in [1.82, 2.24) is 4.90 Å². The average molecular weight is 249 g/mol. The van der Waals surface area contributed by atoms with Gasteiger partial charge in [0.1, 0.15) is 0 Å². The summed E-state index contributed by atoms with van der Waals surface area (Å²) in [7, 11) is 1.06. The van der Waals surface area contributed by atoms with Gasteiger partial charge >= 0.3 is 0 Å². The standard InChI is InChI=1S/C15H27NSi/c1-13(2)11-16(3)12-14-7-9-15(10-8-14)17(4,5)6/h7-10,13H,11-12H2,1-6H3. The molecule has 0 aliphatic heterocycles. The molecule has 17 heavy (non-hydrogen) atoms. The van der Waals surface area contributed by atoms with E-state index in [2.05, 4.69) is 69.7 Å². The Balaban J connectivity index is 2.63. The number of hydrogen-bond donors (Lipinski definition) is 0. The van der Waals surface area contributed by atoms with E-state index in [1.807, 2.05) is 0 Å². The third-order valence-corrected chi connectivity index (χ3v) is 5.01. The molecule has 0 aromatic heterocycles. The first-order valence-corrected chi connectivity index (χ1v) is 10.1. The van der Waals surface area contributed by atoms with Crippen molar-refractivity contribution in [3.63, 3.8) is 0 Å². The topological polar surface area (TPSA) is 3.24 Å². The monoisotopic (exact) mass is 249 g/mol. The fourth-order valence-corrected chi connectivity index (χ4v) is 3.28. The third-order valence-electron chi connectivity index (χ3n) is 2.95. The SMILES string of the molecule is CC(C)CN(C)Cc1ccc([Si](C)(C)C)cc1. The van der Waals surface area contributed by atoms with Crippen LogP contribution < -0.4 is 5.19 Å². The van der Waals surface area contributed by atoms with Crippen LogP contribution in [-0.2, 0) is 6.54 Å². The molecule has 0 heterocycles. The normalized spacial score (nSPS) is 12.5. The van der Waals surface area contributed by atoms with E-state index in [-0.39, 0.29) is 0 Å². The fourth-order valence-electron chi connectivity index (χ4n) is 2.11. The maximum atomic E-state index is 2.40. The second kappa shape index (κ2) is 5.83. The van der Waals surface area contributed by atoms with E-state index in [1.54, 1.807) is 5.19 Å². The smallest absolute Gasteiger partial charge is 0.0775 e. The summed E-state index contributed by atoms with van der Waals surface area (Å²) in [6, 6.07) is 9.24. The Kier molecular flexibility index (Phi) is 4.96. The van der Waals surface area contributed by atoms with Gasteiger partial charge < -0.3 is 4.90 Å². The predicted molar refractivity (Wildman–Crippen MR) is 80.6 cm³/mol. The minimum atomic E-state index is -1.14. The summed E-state index contributed by atoms with van der Waals surface area (Å²) in [5, 5.41) is 1.55. The van der Waals surface area contributed by atoms with Gasteiger partial charge in [0, 0.05) is 13.1 Å². The summed E-state index contributed by atoms with van der Waals surface area (Å²) >= 11 is 0. The van der Waals surface area contributed by atoms with E-state index >= 15 is 0 Å². The van der Waals surface area contributed by atoms with Crippen LogP contribution in [0.15, 0.2) is 24.3 Å². The average Bonchev–Trinajstić information content (AvgIpc) is 2.15. The van der Waals surface area contributed by atoms with Crippen LogP contribution in [0.5, 0.6) is 0 Å². The Bertz CT molecular complexity index is 335. The van der Waals surface area contributed by atoms with Gasteiger partial charge in [-0.15, -0.1) is 0 Å². The van der Waals surface area contributed by atoms with Crippen molar-refractivity contribution >= 4 is 13.3 Å². The minimum Gasteiger partial charge on any atom is -0.302 e. The first-order chi connectivity index (χ1) is 7.79. The summed E-state index contributed by atoms with van der Waals surface area (Å²) in [4.78, 5) is 2.40. The zero-order valence-electron chi connectivity index (χ0n) is 12.2. The molecular weight excluding hydrogens is 222 g/mol. The second-order valence-electron chi connectivity index (χ2n) is 6.54. The molecule has 2 heteroatoms. The van der Waals surface area contributed by atoms with Crippen molar-refractivity contribution in [2.75, 3.05) is 13.6 Å². The van der Waals surface area contributed by atoms with E-state index in [9.17, 15) is 0 Å².